The van der Waals surface area contributed by atoms with Crippen molar-refractivity contribution < 1.29 is 19.1 Å². The summed E-state index contributed by atoms with van der Waals surface area (Å²) in [5.74, 6) is 0.163. The lowest BCUT2D eigenvalue weighted by Crippen LogP contribution is -2.24. The van der Waals surface area contributed by atoms with Crippen LogP contribution in [0, 0.1) is 13.8 Å². The maximum atomic E-state index is 12.1. The second-order valence-corrected chi connectivity index (χ2v) is 8.10. The van der Waals surface area contributed by atoms with Gasteiger partial charge >= 0.3 is 0 Å². The number of methoxy groups -OCH3 is 1. The third-order valence-electron chi connectivity index (χ3n) is 4.88. The van der Waals surface area contributed by atoms with Crippen LogP contribution < -0.4 is 20.2 Å². The normalized spacial score (nSPS) is 10.7. The Bertz CT molecular complexity index is 1190. The summed E-state index contributed by atoms with van der Waals surface area (Å²) >= 11 is 5.90. The molecular formula is C26H26ClN3O4. The summed E-state index contributed by atoms with van der Waals surface area (Å²) in [6.45, 7) is 4.23. The van der Waals surface area contributed by atoms with Gasteiger partial charge in [-0.15, -0.1) is 0 Å². The number of carbonyl (C=O) groups is 2. The summed E-state index contributed by atoms with van der Waals surface area (Å²) in [7, 11) is 1.54. The van der Waals surface area contributed by atoms with Gasteiger partial charge in [0.2, 0.25) is 11.8 Å². The number of halogens is 1. The lowest BCUT2D eigenvalue weighted by Gasteiger charge is -2.11. The first-order valence-corrected chi connectivity index (χ1v) is 11.0. The topological polar surface area (TPSA) is 89.0 Å². The van der Waals surface area contributed by atoms with Crippen LogP contribution in [0.1, 0.15) is 28.7 Å². The van der Waals surface area contributed by atoms with Gasteiger partial charge in [-0.2, -0.15) is 5.10 Å². The van der Waals surface area contributed by atoms with Crippen LogP contribution in [0.5, 0.6) is 11.5 Å². The molecule has 8 heteroatoms. The Balaban J connectivity index is 1.51. The van der Waals surface area contributed by atoms with E-state index in [9.17, 15) is 9.59 Å². The van der Waals surface area contributed by atoms with E-state index in [0.29, 0.717) is 34.4 Å². The molecule has 3 aromatic carbocycles. The highest BCUT2D eigenvalue weighted by Gasteiger charge is 2.10. The summed E-state index contributed by atoms with van der Waals surface area (Å²) in [6, 6.07) is 18.3. The van der Waals surface area contributed by atoms with E-state index in [2.05, 4.69) is 15.8 Å². The predicted octanol–water partition coefficient (Wildman–Crippen LogP) is 5.02. The standard InChI is InChI=1S/C26H26ClN3O4/c1-17-4-10-22(18(2)12-17)29-25(31)14-26(32)30-28-15-20-7-11-23(24(13-20)33-3)34-16-19-5-8-21(27)9-6-19/h4-13,15H,14,16H2,1-3H3,(H,29,31)(H,30,32). The van der Waals surface area contributed by atoms with Crippen molar-refractivity contribution in [2.24, 2.45) is 5.10 Å². The number of nitrogens with zero attached hydrogens (tertiary/aromatic N) is 1. The van der Waals surface area contributed by atoms with Crippen molar-refractivity contribution in [1.29, 1.82) is 0 Å². The van der Waals surface area contributed by atoms with E-state index in [4.69, 9.17) is 21.1 Å². The van der Waals surface area contributed by atoms with Crippen LogP contribution in [0.4, 0.5) is 5.69 Å². The lowest BCUT2D eigenvalue weighted by atomic mass is 10.1. The molecule has 2 amide bonds. The number of ether oxygens (including phenoxy) is 2. The Morgan fingerprint density at radius 3 is 2.44 bits per heavy atom. The smallest absolute Gasteiger partial charge is 0.249 e. The summed E-state index contributed by atoms with van der Waals surface area (Å²) in [4.78, 5) is 24.2. The average molecular weight is 480 g/mol. The minimum absolute atomic E-state index is 0.342. The van der Waals surface area contributed by atoms with Crippen molar-refractivity contribution >= 4 is 35.3 Å². The number of nitrogens with one attached hydrogen (secondary N) is 2. The van der Waals surface area contributed by atoms with Crippen LogP contribution in [-0.2, 0) is 16.2 Å². The number of benzene rings is 3. The molecule has 0 fully saturated rings. The molecule has 0 radical (unpaired) electrons. The van der Waals surface area contributed by atoms with E-state index in [1.165, 1.54) is 6.21 Å². The van der Waals surface area contributed by atoms with Gasteiger partial charge in [-0.1, -0.05) is 41.4 Å². The highest BCUT2D eigenvalue weighted by Crippen LogP contribution is 2.28. The van der Waals surface area contributed by atoms with Crippen molar-refractivity contribution in [2.45, 2.75) is 26.9 Å². The molecule has 0 bridgehead atoms. The van der Waals surface area contributed by atoms with Crippen molar-refractivity contribution in [2.75, 3.05) is 12.4 Å². The van der Waals surface area contributed by atoms with E-state index >= 15 is 0 Å². The van der Waals surface area contributed by atoms with E-state index in [0.717, 1.165) is 16.7 Å². The Labute approximate surface area is 203 Å². The molecule has 0 aliphatic carbocycles. The number of hydrogen-bond acceptors (Lipinski definition) is 5. The van der Waals surface area contributed by atoms with Crippen LogP contribution in [0.15, 0.2) is 65.8 Å². The molecule has 2 N–H and O–H groups in total. The minimum atomic E-state index is -0.520. The Hall–Kier alpha value is -3.84. The zero-order valence-electron chi connectivity index (χ0n) is 19.2. The maximum absolute atomic E-state index is 12.1. The van der Waals surface area contributed by atoms with Gasteiger partial charge in [0.1, 0.15) is 13.0 Å². The quantitative estimate of drug-likeness (QED) is 0.256. The molecule has 34 heavy (non-hydrogen) atoms. The fourth-order valence-corrected chi connectivity index (χ4v) is 3.26. The fraction of sp³-hybridized carbons (Fsp3) is 0.192. The molecule has 176 valence electrons. The largest absolute Gasteiger partial charge is 0.493 e. The van der Waals surface area contributed by atoms with Gasteiger partial charge in [0, 0.05) is 10.7 Å². The molecule has 0 aliphatic heterocycles. The monoisotopic (exact) mass is 479 g/mol. The van der Waals surface area contributed by atoms with Gasteiger partial charge < -0.3 is 14.8 Å². The summed E-state index contributed by atoms with van der Waals surface area (Å²) in [5, 5.41) is 7.33. The number of amides is 2. The number of hydrazone groups is 1. The van der Waals surface area contributed by atoms with Crippen LogP contribution in [0.25, 0.3) is 0 Å². The number of aryl methyl sites for hydroxylation is 2. The average Bonchev–Trinajstić information content (AvgIpc) is 2.81. The second-order valence-electron chi connectivity index (χ2n) is 7.66. The molecule has 0 aliphatic rings. The molecule has 7 nitrogen and oxygen atoms in total. The van der Waals surface area contributed by atoms with Gasteiger partial charge in [0.25, 0.3) is 0 Å². The van der Waals surface area contributed by atoms with Gasteiger partial charge in [-0.25, -0.2) is 5.43 Å². The predicted molar refractivity (Wildman–Crippen MR) is 134 cm³/mol. The summed E-state index contributed by atoms with van der Waals surface area (Å²) in [6.07, 6.45) is 1.12. The number of carbonyl (C=O) groups excluding carboxylic acids is 2. The minimum Gasteiger partial charge on any atom is -0.493 e. The second kappa shape index (κ2) is 11.9. The molecule has 0 saturated heterocycles. The Kier molecular flexibility index (Phi) is 8.65. The third kappa shape index (κ3) is 7.35. The molecule has 0 heterocycles. The van der Waals surface area contributed by atoms with Crippen molar-refractivity contribution in [3.8, 4) is 11.5 Å². The number of hydrogen-bond donors (Lipinski definition) is 2. The van der Waals surface area contributed by atoms with Crippen LogP contribution in [0.3, 0.4) is 0 Å². The maximum Gasteiger partial charge on any atom is 0.249 e. The first kappa shape index (κ1) is 24.8. The highest BCUT2D eigenvalue weighted by molar-refractivity contribution is 6.30. The van der Waals surface area contributed by atoms with Crippen molar-refractivity contribution in [1.82, 2.24) is 5.43 Å². The fourth-order valence-electron chi connectivity index (χ4n) is 3.14. The van der Waals surface area contributed by atoms with E-state index in [1.807, 2.05) is 44.2 Å². The van der Waals surface area contributed by atoms with E-state index in [1.54, 1.807) is 37.4 Å². The Morgan fingerprint density at radius 1 is 0.971 bits per heavy atom. The SMILES string of the molecule is COc1cc(C=NNC(=O)CC(=O)Nc2ccc(C)cc2C)ccc1OCc1ccc(Cl)cc1. The zero-order chi connectivity index (χ0) is 24.5. The molecule has 3 aromatic rings. The van der Waals surface area contributed by atoms with Crippen molar-refractivity contribution in [3.05, 3.63) is 87.9 Å². The first-order valence-electron chi connectivity index (χ1n) is 10.6. The zero-order valence-corrected chi connectivity index (χ0v) is 20.0. The van der Waals surface area contributed by atoms with Gasteiger partial charge in [-0.3, -0.25) is 9.59 Å². The van der Waals surface area contributed by atoms with Gasteiger partial charge in [-0.05, 0) is 66.9 Å². The van der Waals surface area contributed by atoms with Crippen LogP contribution in [-0.4, -0.2) is 25.1 Å². The number of rotatable bonds is 9. The molecule has 0 atom stereocenters. The van der Waals surface area contributed by atoms with Crippen LogP contribution >= 0.6 is 11.6 Å². The van der Waals surface area contributed by atoms with E-state index < -0.39 is 11.8 Å². The third-order valence-corrected chi connectivity index (χ3v) is 5.13. The molecule has 0 spiro atoms. The van der Waals surface area contributed by atoms with Crippen molar-refractivity contribution in [3.63, 3.8) is 0 Å². The molecular weight excluding hydrogens is 454 g/mol. The lowest BCUT2D eigenvalue weighted by molar-refractivity contribution is -0.126. The van der Waals surface area contributed by atoms with Gasteiger partial charge in [0.15, 0.2) is 11.5 Å². The Morgan fingerprint density at radius 2 is 1.74 bits per heavy atom. The molecule has 3 rings (SSSR count). The highest BCUT2D eigenvalue weighted by atomic mass is 35.5. The number of anilines is 1. The summed E-state index contributed by atoms with van der Waals surface area (Å²) < 4.78 is 11.2. The van der Waals surface area contributed by atoms with Crippen LogP contribution in [0.2, 0.25) is 5.02 Å². The molecule has 0 saturated carbocycles. The van der Waals surface area contributed by atoms with E-state index in [-0.39, 0.29) is 6.42 Å². The molecule has 0 aromatic heterocycles. The van der Waals surface area contributed by atoms with Gasteiger partial charge in [0.05, 0.1) is 13.3 Å². The summed E-state index contributed by atoms with van der Waals surface area (Å²) in [5.41, 5.74) is 6.73. The molecule has 0 unspecified atom stereocenters. The first-order chi connectivity index (χ1) is 16.3.